The Kier molecular flexibility index (Phi) is 4.48. The third-order valence-corrected chi connectivity index (χ3v) is 4.36. The number of hydrogen-bond donors (Lipinski definition) is 2. The van der Waals surface area contributed by atoms with Gasteiger partial charge in [-0.1, -0.05) is 30.7 Å². The van der Waals surface area contributed by atoms with Crippen molar-refractivity contribution in [3.05, 3.63) is 35.4 Å². The summed E-state index contributed by atoms with van der Waals surface area (Å²) in [6.45, 7) is 0. The second kappa shape index (κ2) is 5.93. The van der Waals surface area contributed by atoms with Gasteiger partial charge in [-0.3, -0.25) is 4.79 Å². The first-order valence-corrected chi connectivity index (χ1v) is 6.89. The highest BCUT2D eigenvalue weighted by molar-refractivity contribution is 5.85. The highest BCUT2D eigenvalue weighted by Gasteiger charge is 2.32. The summed E-state index contributed by atoms with van der Waals surface area (Å²) >= 11 is 0. The van der Waals surface area contributed by atoms with Crippen LogP contribution >= 0.6 is 12.4 Å². The van der Waals surface area contributed by atoms with Crippen LogP contribution in [-0.4, -0.2) is 11.9 Å². The van der Waals surface area contributed by atoms with Crippen molar-refractivity contribution in [2.45, 2.75) is 44.2 Å². The lowest BCUT2D eigenvalue weighted by Gasteiger charge is -2.19. The van der Waals surface area contributed by atoms with E-state index in [1.807, 2.05) is 6.07 Å². The molecule has 1 fully saturated rings. The van der Waals surface area contributed by atoms with E-state index < -0.39 is 0 Å². The van der Waals surface area contributed by atoms with Crippen molar-refractivity contribution < 1.29 is 4.79 Å². The van der Waals surface area contributed by atoms with Gasteiger partial charge >= 0.3 is 0 Å². The summed E-state index contributed by atoms with van der Waals surface area (Å²) in [7, 11) is 0. The molecule has 0 aliphatic heterocycles. The first-order valence-electron chi connectivity index (χ1n) is 6.89. The molecule has 0 heterocycles. The van der Waals surface area contributed by atoms with Crippen LogP contribution in [0.3, 0.4) is 0 Å². The molecule has 3 atom stereocenters. The Bertz CT molecular complexity index is 463. The number of carbonyl (C=O) groups is 1. The molecule has 0 aromatic heterocycles. The molecule has 0 bridgehead atoms. The largest absolute Gasteiger partial charge is 0.349 e. The topological polar surface area (TPSA) is 55.1 Å². The molecule has 4 heteroatoms. The molecule has 2 aliphatic carbocycles. The number of nitrogens with two attached hydrogens (primary N) is 1. The van der Waals surface area contributed by atoms with Gasteiger partial charge in [0.25, 0.3) is 0 Å². The van der Waals surface area contributed by atoms with Crippen LogP contribution in [0.4, 0.5) is 0 Å². The Morgan fingerprint density at radius 3 is 2.74 bits per heavy atom. The fourth-order valence-electron chi connectivity index (χ4n) is 3.30. The molecule has 3 unspecified atom stereocenters. The zero-order chi connectivity index (χ0) is 12.5. The maximum Gasteiger partial charge on any atom is 0.225 e. The highest BCUT2D eigenvalue weighted by Crippen LogP contribution is 2.32. The van der Waals surface area contributed by atoms with E-state index >= 15 is 0 Å². The Morgan fingerprint density at radius 2 is 2.00 bits per heavy atom. The smallest absolute Gasteiger partial charge is 0.225 e. The van der Waals surface area contributed by atoms with Crippen molar-refractivity contribution in [1.82, 2.24) is 5.32 Å². The molecule has 0 spiro atoms. The van der Waals surface area contributed by atoms with E-state index in [-0.39, 0.29) is 36.3 Å². The van der Waals surface area contributed by atoms with Crippen molar-refractivity contribution in [1.29, 1.82) is 0 Å². The summed E-state index contributed by atoms with van der Waals surface area (Å²) in [5.41, 5.74) is 8.65. The Labute approximate surface area is 120 Å². The van der Waals surface area contributed by atoms with Crippen LogP contribution in [0.15, 0.2) is 24.3 Å². The number of nitrogens with one attached hydrogen (secondary N) is 1. The van der Waals surface area contributed by atoms with Gasteiger partial charge in [0.1, 0.15) is 0 Å². The summed E-state index contributed by atoms with van der Waals surface area (Å²) in [5, 5.41) is 3.19. The summed E-state index contributed by atoms with van der Waals surface area (Å²) in [5.74, 6) is 0.180. The number of benzene rings is 1. The molecule has 3 rings (SSSR count). The molecule has 104 valence electrons. The third kappa shape index (κ3) is 2.77. The second-order valence-electron chi connectivity index (χ2n) is 5.50. The van der Waals surface area contributed by atoms with E-state index in [9.17, 15) is 4.79 Å². The predicted octanol–water partition coefficient (Wildman–Crippen LogP) is 2.34. The number of aryl methyl sites for hydroxylation is 1. The van der Waals surface area contributed by atoms with Crippen LogP contribution in [0.1, 0.15) is 42.9 Å². The lowest BCUT2D eigenvalue weighted by atomic mass is 10.0. The van der Waals surface area contributed by atoms with E-state index in [0.29, 0.717) is 0 Å². The van der Waals surface area contributed by atoms with E-state index in [4.69, 9.17) is 5.73 Å². The molecule has 0 saturated heterocycles. The van der Waals surface area contributed by atoms with Gasteiger partial charge < -0.3 is 11.1 Å². The normalized spacial score (nSPS) is 28.6. The third-order valence-electron chi connectivity index (χ3n) is 4.36. The molecular weight excluding hydrogens is 260 g/mol. The van der Waals surface area contributed by atoms with E-state index in [0.717, 1.165) is 32.1 Å². The fourth-order valence-corrected chi connectivity index (χ4v) is 3.30. The number of halogens is 1. The van der Waals surface area contributed by atoms with Crippen LogP contribution in [0.5, 0.6) is 0 Å². The number of rotatable bonds is 2. The first kappa shape index (κ1) is 14.4. The van der Waals surface area contributed by atoms with Gasteiger partial charge in [0.15, 0.2) is 0 Å². The van der Waals surface area contributed by atoms with Crippen LogP contribution in [-0.2, 0) is 11.2 Å². The number of amides is 1. The quantitative estimate of drug-likeness (QED) is 0.874. The molecule has 3 nitrogen and oxygen atoms in total. The monoisotopic (exact) mass is 280 g/mol. The van der Waals surface area contributed by atoms with Crippen molar-refractivity contribution in [3.8, 4) is 0 Å². The summed E-state index contributed by atoms with van der Waals surface area (Å²) in [6, 6.07) is 8.65. The molecule has 3 N–H and O–H groups in total. The van der Waals surface area contributed by atoms with Crippen molar-refractivity contribution in [3.63, 3.8) is 0 Å². The van der Waals surface area contributed by atoms with Crippen LogP contribution < -0.4 is 11.1 Å². The van der Waals surface area contributed by atoms with Crippen molar-refractivity contribution >= 4 is 18.3 Å². The number of hydrogen-bond acceptors (Lipinski definition) is 2. The minimum absolute atomic E-state index is 0. The van der Waals surface area contributed by atoms with Crippen LogP contribution in [0.25, 0.3) is 0 Å². The van der Waals surface area contributed by atoms with Gasteiger partial charge in [0.2, 0.25) is 5.91 Å². The van der Waals surface area contributed by atoms with Gasteiger partial charge in [-0.2, -0.15) is 0 Å². The Morgan fingerprint density at radius 1 is 1.21 bits per heavy atom. The maximum absolute atomic E-state index is 12.2. The van der Waals surface area contributed by atoms with Gasteiger partial charge in [0, 0.05) is 6.04 Å². The molecule has 1 aromatic rings. The van der Waals surface area contributed by atoms with Gasteiger partial charge in [0.05, 0.1) is 12.0 Å². The zero-order valence-electron chi connectivity index (χ0n) is 11.0. The van der Waals surface area contributed by atoms with Crippen molar-refractivity contribution in [2.75, 3.05) is 0 Å². The molecule has 0 radical (unpaired) electrons. The number of carbonyl (C=O) groups excluding carboxylic acids is 1. The minimum atomic E-state index is 0. The average Bonchev–Trinajstić information content (AvgIpc) is 2.97. The molecule has 1 amide bonds. The van der Waals surface area contributed by atoms with E-state index in [2.05, 4.69) is 23.5 Å². The van der Waals surface area contributed by atoms with E-state index in [1.165, 1.54) is 11.1 Å². The van der Waals surface area contributed by atoms with Crippen molar-refractivity contribution in [2.24, 2.45) is 11.7 Å². The SMILES string of the molecule is Cl.NC1CCCC1C(=O)NC1CCc2ccccc21. The molecule has 1 aromatic carbocycles. The van der Waals surface area contributed by atoms with Gasteiger partial charge in [-0.25, -0.2) is 0 Å². The summed E-state index contributed by atoms with van der Waals surface area (Å²) < 4.78 is 0. The lowest BCUT2D eigenvalue weighted by molar-refractivity contribution is -0.125. The molecule has 2 aliphatic rings. The fraction of sp³-hybridized carbons (Fsp3) is 0.533. The molecular formula is C15H21ClN2O. The summed E-state index contributed by atoms with van der Waals surface area (Å²) in [6.07, 6.45) is 5.10. The Hall–Kier alpha value is -1.06. The number of fused-ring (bicyclic) bond motifs is 1. The summed E-state index contributed by atoms with van der Waals surface area (Å²) in [4.78, 5) is 12.2. The Balaban J connectivity index is 0.00000133. The van der Waals surface area contributed by atoms with E-state index in [1.54, 1.807) is 0 Å². The average molecular weight is 281 g/mol. The van der Waals surface area contributed by atoms with Gasteiger partial charge in [-0.05, 0) is 36.8 Å². The lowest BCUT2D eigenvalue weighted by Crippen LogP contribution is -2.39. The van der Waals surface area contributed by atoms with Crippen LogP contribution in [0, 0.1) is 5.92 Å². The first-order chi connectivity index (χ1) is 8.75. The second-order valence-corrected chi connectivity index (χ2v) is 5.50. The van der Waals surface area contributed by atoms with Gasteiger partial charge in [-0.15, -0.1) is 12.4 Å². The predicted molar refractivity (Wildman–Crippen MR) is 78.2 cm³/mol. The molecule has 1 saturated carbocycles. The highest BCUT2D eigenvalue weighted by atomic mass is 35.5. The maximum atomic E-state index is 12.2. The minimum Gasteiger partial charge on any atom is -0.349 e. The van der Waals surface area contributed by atoms with Crippen LogP contribution in [0.2, 0.25) is 0 Å². The zero-order valence-corrected chi connectivity index (χ0v) is 11.8. The molecule has 19 heavy (non-hydrogen) atoms. The standard InChI is InChI=1S/C15H20N2O.ClH/c16-13-7-3-6-12(13)15(18)17-14-9-8-10-4-1-2-5-11(10)14;/h1-2,4-5,12-14H,3,6-9,16H2,(H,17,18);1H.